The SMILES string of the molecule is OC(Cc1cccc(F)c1Br)c1ccc(F)c(Br)c1. The van der Waals surface area contributed by atoms with Crippen molar-refractivity contribution in [2.75, 3.05) is 0 Å². The Kier molecular flexibility index (Phi) is 4.71. The van der Waals surface area contributed by atoms with E-state index in [-0.39, 0.29) is 18.1 Å². The molecule has 2 aromatic carbocycles. The summed E-state index contributed by atoms with van der Waals surface area (Å²) in [5, 5.41) is 10.1. The van der Waals surface area contributed by atoms with Crippen molar-refractivity contribution < 1.29 is 13.9 Å². The molecule has 0 aromatic heterocycles. The summed E-state index contributed by atoms with van der Waals surface area (Å²) in [5.74, 6) is -0.757. The molecule has 100 valence electrons. The molecule has 0 saturated heterocycles. The van der Waals surface area contributed by atoms with Gasteiger partial charge in [-0.2, -0.15) is 0 Å². The average Bonchev–Trinajstić information content (AvgIpc) is 2.38. The number of benzene rings is 2. The normalized spacial score (nSPS) is 12.5. The topological polar surface area (TPSA) is 20.2 Å². The van der Waals surface area contributed by atoms with Crippen LogP contribution < -0.4 is 0 Å². The van der Waals surface area contributed by atoms with Gasteiger partial charge in [0.15, 0.2) is 0 Å². The third-order valence-electron chi connectivity index (χ3n) is 2.77. The van der Waals surface area contributed by atoms with Gasteiger partial charge in [-0.15, -0.1) is 0 Å². The van der Waals surface area contributed by atoms with E-state index < -0.39 is 6.10 Å². The fourth-order valence-corrected chi connectivity index (χ4v) is 2.57. The van der Waals surface area contributed by atoms with Gasteiger partial charge < -0.3 is 5.11 Å². The third-order valence-corrected chi connectivity index (χ3v) is 4.27. The second-order valence-corrected chi connectivity index (χ2v) is 5.75. The van der Waals surface area contributed by atoms with Crippen LogP contribution in [0.1, 0.15) is 17.2 Å². The molecule has 0 bridgehead atoms. The molecule has 0 aliphatic carbocycles. The van der Waals surface area contributed by atoms with Crippen molar-refractivity contribution >= 4 is 31.9 Å². The van der Waals surface area contributed by atoms with Crippen LogP contribution in [0.3, 0.4) is 0 Å². The largest absolute Gasteiger partial charge is 0.388 e. The smallest absolute Gasteiger partial charge is 0.137 e. The lowest BCUT2D eigenvalue weighted by Gasteiger charge is -2.13. The maximum absolute atomic E-state index is 13.4. The highest BCUT2D eigenvalue weighted by atomic mass is 79.9. The summed E-state index contributed by atoms with van der Waals surface area (Å²) in [6.45, 7) is 0. The van der Waals surface area contributed by atoms with E-state index >= 15 is 0 Å². The maximum atomic E-state index is 13.4. The van der Waals surface area contributed by atoms with Crippen molar-refractivity contribution in [2.24, 2.45) is 0 Å². The Morgan fingerprint density at radius 2 is 1.79 bits per heavy atom. The molecule has 19 heavy (non-hydrogen) atoms. The molecular weight excluding hydrogens is 382 g/mol. The van der Waals surface area contributed by atoms with E-state index in [0.29, 0.717) is 20.1 Å². The molecule has 1 N–H and O–H groups in total. The van der Waals surface area contributed by atoms with E-state index in [4.69, 9.17) is 0 Å². The first kappa shape index (κ1) is 14.6. The lowest BCUT2D eigenvalue weighted by atomic mass is 10.0. The summed E-state index contributed by atoms with van der Waals surface area (Å²) in [5.41, 5.74) is 1.23. The Labute approximate surface area is 126 Å². The molecule has 2 aromatic rings. The van der Waals surface area contributed by atoms with Crippen LogP contribution in [0.4, 0.5) is 8.78 Å². The number of rotatable bonds is 3. The maximum Gasteiger partial charge on any atom is 0.137 e. The Hall–Kier alpha value is -0.780. The molecule has 2 rings (SSSR count). The highest BCUT2D eigenvalue weighted by Crippen LogP contribution is 2.27. The summed E-state index contributed by atoms with van der Waals surface area (Å²) in [6, 6.07) is 8.97. The van der Waals surface area contributed by atoms with Gasteiger partial charge in [-0.25, -0.2) is 8.78 Å². The van der Waals surface area contributed by atoms with Crippen LogP contribution in [0.2, 0.25) is 0 Å². The first-order valence-corrected chi connectivity index (χ1v) is 7.13. The minimum absolute atomic E-state index is 0.246. The fourth-order valence-electron chi connectivity index (χ4n) is 1.75. The lowest BCUT2D eigenvalue weighted by molar-refractivity contribution is 0.178. The number of aliphatic hydroxyl groups is 1. The molecule has 0 fully saturated rings. The number of aliphatic hydroxyl groups excluding tert-OH is 1. The van der Waals surface area contributed by atoms with Crippen LogP contribution in [0.15, 0.2) is 45.3 Å². The van der Waals surface area contributed by atoms with Crippen LogP contribution in [-0.4, -0.2) is 5.11 Å². The highest BCUT2D eigenvalue weighted by Gasteiger charge is 2.14. The molecule has 5 heteroatoms. The van der Waals surface area contributed by atoms with Crippen molar-refractivity contribution in [3.63, 3.8) is 0 Å². The Morgan fingerprint density at radius 1 is 1.05 bits per heavy atom. The number of hydrogen-bond acceptors (Lipinski definition) is 1. The van der Waals surface area contributed by atoms with Crippen molar-refractivity contribution in [3.05, 3.63) is 68.1 Å². The van der Waals surface area contributed by atoms with E-state index in [2.05, 4.69) is 31.9 Å². The average molecular weight is 392 g/mol. The highest BCUT2D eigenvalue weighted by molar-refractivity contribution is 9.10. The summed E-state index contributed by atoms with van der Waals surface area (Å²) in [7, 11) is 0. The third kappa shape index (κ3) is 3.41. The number of hydrogen-bond donors (Lipinski definition) is 1. The zero-order valence-corrected chi connectivity index (χ0v) is 12.9. The zero-order valence-electron chi connectivity index (χ0n) is 9.71. The fraction of sp³-hybridized carbons (Fsp3) is 0.143. The zero-order chi connectivity index (χ0) is 14.0. The lowest BCUT2D eigenvalue weighted by Crippen LogP contribution is -2.03. The van der Waals surface area contributed by atoms with Gasteiger partial charge in [-0.3, -0.25) is 0 Å². The van der Waals surface area contributed by atoms with Gasteiger partial charge >= 0.3 is 0 Å². The summed E-state index contributed by atoms with van der Waals surface area (Å²) < 4.78 is 27.1. The van der Waals surface area contributed by atoms with Gasteiger partial charge in [0, 0.05) is 6.42 Å². The van der Waals surface area contributed by atoms with Gasteiger partial charge in [-0.1, -0.05) is 18.2 Å². The molecule has 0 heterocycles. The molecule has 0 amide bonds. The summed E-state index contributed by atoms with van der Waals surface area (Å²) in [4.78, 5) is 0. The Balaban J connectivity index is 2.23. The van der Waals surface area contributed by atoms with Crippen LogP contribution in [-0.2, 0) is 6.42 Å². The van der Waals surface area contributed by atoms with E-state index in [1.165, 1.54) is 24.3 Å². The van der Waals surface area contributed by atoms with Crippen molar-refractivity contribution in [2.45, 2.75) is 12.5 Å². The van der Waals surface area contributed by atoms with E-state index in [1.807, 2.05) is 0 Å². The van der Waals surface area contributed by atoms with Crippen molar-refractivity contribution in [1.82, 2.24) is 0 Å². The standard InChI is InChI=1S/C14H10Br2F2O/c15-10-6-8(4-5-11(10)17)13(19)7-9-2-1-3-12(18)14(9)16/h1-6,13,19H,7H2. The quantitative estimate of drug-likeness (QED) is 0.799. The minimum atomic E-state index is -0.824. The van der Waals surface area contributed by atoms with Gasteiger partial charge in [0.05, 0.1) is 15.0 Å². The molecule has 1 unspecified atom stereocenters. The molecule has 0 saturated carbocycles. The van der Waals surface area contributed by atoms with E-state index in [1.54, 1.807) is 12.1 Å². The van der Waals surface area contributed by atoms with Gasteiger partial charge in [-0.05, 0) is 61.2 Å². The first-order chi connectivity index (χ1) is 8.99. The van der Waals surface area contributed by atoms with Gasteiger partial charge in [0.25, 0.3) is 0 Å². The molecule has 1 nitrogen and oxygen atoms in total. The van der Waals surface area contributed by atoms with Crippen LogP contribution in [0.5, 0.6) is 0 Å². The second kappa shape index (κ2) is 6.11. The molecular formula is C14H10Br2F2O. The first-order valence-electron chi connectivity index (χ1n) is 5.55. The minimum Gasteiger partial charge on any atom is -0.388 e. The monoisotopic (exact) mass is 390 g/mol. The van der Waals surface area contributed by atoms with Crippen LogP contribution >= 0.6 is 31.9 Å². The molecule has 0 aliphatic rings. The van der Waals surface area contributed by atoms with E-state index in [0.717, 1.165) is 0 Å². The predicted molar refractivity (Wildman–Crippen MR) is 76.9 cm³/mol. The molecule has 0 aliphatic heterocycles. The molecule has 0 spiro atoms. The van der Waals surface area contributed by atoms with Gasteiger partial charge in [0.1, 0.15) is 11.6 Å². The molecule has 1 atom stereocenters. The number of halogens is 4. The predicted octanol–water partition coefficient (Wildman–Crippen LogP) is 4.77. The summed E-state index contributed by atoms with van der Waals surface area (Å²) >= 11 is 6.22. The van der Waals surface area contributed by atoms with Crippen molar-refractivity contribution in [3.8, 4) is 0 Å². The Morgan fingerprint density at radius 3 is 2.47 bits per heavy atom. The Bertz CT molecular complexity index is 602. The molecule has 0 radical (unpaired) electrons. The second-order valence-electron chi connectivity index (χ2n) is 4.11. The van der Waals surface area contributed by atoms with E-state index in [9.17, 15) is 13.9 Å². The van der Waals surface area contributed by atoms with Crippen LogP contribution in [0, 0.1) is 11.6 Å². The van der Waals surface area contributed by atoms with Gasteiger partial charge in [0.2, 0.25) is 0 Å². The summed E-state index contributed by atoms with van der Waals surface area (Å²) in [6.07, 6.45) is -0.578. The van der Waals surface area contributed by atoms with Crippen molar-refractivity contribution in [1.29, 1.82) is 0 Å². The van der Waals surface area contributed by atoms with Crippen LogP contribution in [0.25, 0.3) is 0 Å².